The maximum Gasteiger partial charge on any atom is 0.323 e. The van der Waals surface area contributed by atoms with Gasteiger partial charge in [0.2, 0.25) is 0 Å². The summed E-state index contributed by atoms with van der Waals surface area (Å²) in [7, 11) is 0. The number of oxazole rings is 1. The molecular weight excluding hydrogens is 265 g/mol. The first kappa shape index (κ1) is 14.0. The molecule has 1 heterocycles. The summed E-state index contributed by atoms with van der Waals surface area (Å²) < 4.78 is 17.7. The van der Waals surface area contributed by atoms with Crippen LogP contribution in [0.3, 0.4) is 0 Å². The van der Waals surface area contributed by atoms with E-state index in [4.69, 9.17) is 4.42 Å². The van der Waals surface area contributed by atoms with E-state index in [9.17, 15) is 14.3 Å². The summed E-state index contributed by atoms with van der Waals surface area (Å²) in [6, 6.07) is 4.35. The summed E-state index contributed by atoms with van der Waals surface area (Å²) in [6.07, 6.45) is 1.77. The minimum atomic E-state index is -0.953. The fourth-order valence-corrected chi connectivity index (χ4v) is 1.65. The van der Waals surface area contributed by atoms with Crippen molar-refractivity contribution < 1.29 is 18.7 Å². The lowest BCUT2D eigenvalue weighted by Gasteiger charge is -2.20. The zero-order chi connectivity index (χ0) is 14.5. The number of rotatable bonds is 4. The molecule has 2 aromatic rings. The zero-order valence-electron chi connectivity index (χ0n) is 10.7. The largest absolute Gasteiger partial charge is 0.432 e. The number of urea groups is 1. The number of anilines is 1. The molecule has 0 aliphatic heterocycles. The van der Waals surface area contributed by atoms with Gasteiger partial charge >= 0.3 is 12.0 Å². The van der Waals surface area contributed by atoms with E-state index in [1.807, 2.05) is 0 Å². The number of carbonyl (C=O) groups excluding carboxylic acids is 1. The Bertz CT molecular complexity index is 557. The standard InChI is InChI=1S/C13H14FN3O3/c1-8(11(18)9-2-4-10(14)5-3-9)16-12(19)17-13-15-6-7-20-13/h2-8,11,18H,1H3,(H2,15,16,17,19)/t8-,11+/m0/s1. The highest BCUT2D eigenvalue weighted by atomic mass is 19.1. The van der Waals surface area contributed by atoms with Crippen LogP contribution in [0.15, 0.2) is 41.1 Å². The Labute approximate surface area is 114 Å². The number of hydrogen-bond acceptors (Lipinski definition) is 4. The molecule has 2 amide bonds. The monoisotopic (exact) mass is 279 g/mol. The van der Waals surface area contributed by atoms with Gasteiger partial charge in [0.1, 0.15) is 12.1 Å². The molecule has 20 heavy (non-hydrogen) atoms. The van der Waals surface area contributed by atoms with Crippen LogP contribution in [0.1, 0.15) is 18.6 Å². The highest BCUT2D eigenvalue weighted by molar-refractivity contribution is 5.87. The molecule has 3 N–H and O–H groups in total. The molecule has 0 saturated heterocycles. The third kappa shape index (κ3) is 3.55. The molecule has 0 saturated carbocycles. The van der Waals surface area contributed by atoms with Crippen molar-refractivity contribution in [2.24, 2.45) is 0 Å². The van der Waals surface area contributed by atoms with E-state index in [1.54, 1.807) is 6.92 Å². The van der Waals surface area contributed by atoms with Crippen LogP contribution < -0.4 is 10.6 Å². The lowest BCUT2D eigenvalue weighted by Crippen LogP contribution is -2.39. The van der Waals surface area contributed by atoms with Gasteiger partial charge in [-0.2, -0.15) is 0 Å². The van der Waals surface area contributed by atoms with Crippen LogP contribution in [0, 0.1) is 5.82 Å². The maximum atomic E-state index is 12.8. The summed E-state index contributed by atoms with van der Waals surface area (Å²) in [5, 5.41) is 15.0. The summed E-state index contributed by atoms with van der Waals surface area (Å²) >= 11 is 0. The molecule has 0 spiro atoms. The number of halogens is 1. The first-order valence-electron chi connectivity index (χ1n) is 5.97. The SMILES string of the molecule is C[C@H](NC(=O)Nc1ncco1)[C@@H](O)c1ccc(F)cc1. The molecule has 0 fully saturated rings. The predicted octanol–water partition coefficient (Wildman–Crippen LogP) is 2.06. The van der Waals surface area contributed by atoms with E-state index < -0.39 is 18.2 Å². The van der Waals surface area contributed by atoms with Crippen LogP contribution in [0.4, 0.5) is 15.2 Å². The van der Waals surface area contributed by atoms with Crippen LogP contribution in [-0.4, -0.2) is 22.2 Å². The first-order valence-corrected chi connectivity index (χ1v) is 5.97. The van der Waals surface area contributed by atoms with Crippen molar-refractivity contribution in [1.29, 1.82) is 0 Å². The summed E-state index contributed by atoms with van der Waals surface area (Å²) in [6.45, 7) is 1.63. The molecule has 106 valence electrons. The van der Waals surface area contributed by atoms with Gasteiger partial charge in [0.25, 0.3) is 0 Å². The first-order chi connectivity index (χ1) is 9.56. The quantitative estimate of drug-likeness (QED) is 0.799. The minimum absolute atomic E-state index is 0.0611. The van der Waals surface area contributed by atoms with Gasteiger partial charge < -0.3 is 14.8 Å². The molecule has 2 atom stereocenters. The van der Waals surface area contributed by atoms with Gasteiger partial charge in [-0.1, -0.05) is 12.1 Å². The van der Waals surface area contributed by atoms with Crippen molar-refractivity contribution in [3.05, 3.63) is 48.1 Å². The Morgan fingerprint density at radius 3 is 2.70 bits per heavy atom. The van der Waals surface area contributed by atoms with Crippen molar-refractivity contribution in [3.63, 3.8) is 0 Å². The Morgan fingerprint density at radius 2 is 2.10 bits per heavy atom. The Balaban J connectivity index is 1.91. The van der Waals surface area contributed by atoms with Crippen LogP contribution in [0.25, 0.3) is 0 Å². The van der Waals surface area contributed by atoms with Crippen LogP contribution in [0.2, 0.25) is 0 Å². The average molecular weight is 279 g/mol. The maximum absolute atomic E-state index is 12.8. The number of nitrogens with one attached hydrogen (secondary N) is 2. The van der Waals surface area contributed by atoms with E-state index in [-0.39, 0.29) is 11.8 Å². The van der Waals surface area contributed by atoms with Crippen LogP contribution in [-0.2, 0) is 0 Å². The fraction of sp³-hybridized carbons (Fsp3) is 0.231. The third-order valence-corrected chi connectivity index (χ3v) is 2.70. The van der Waals surface area contributed by atoms with Gasteiger partial charge in [-0.3, -0.25) is 5.32 Å². The number of aliphatic hydroxyl groups excluding tert-OH is 1. The predicted molar refractivity (Wildman–Crippen MR) is 69.5 cm³/mol. The number of hydrogen-bond donors (Lipinski definition) is 3. The van der Waals surface area contributed by atoms with Crippen molar-refractivity contribution in [2.75, 3.05) is 5.32 Å². The second kappa shape index (κ2) is 6.16. The molecule has 0 unspecified atom stereocenters. The highest BCUT2D eigenvalue weighted by Crippen LogP contribution is 2.17. The van der Waals surface area contributed by atoms with Gasteiger partial charge in [-0.15, -0.1) is 0 Å². The number of aliphatic hydroxyl groups is 1. The van der Waals surface area contributed by atoms with Crippen molar-refractivity contribution in [2.45, 2.75) is 19.1 Å². The van der Waals surface area contributed by atoms with Gasteiger partial charge in [-0.05, 0) is 24.6 Å². The van der Waals surface area contributed by atoms with E-state index in [1.165, 1.54) is 36.7 Å². The molecule has 6 nitrogen and oxygen atoms in total. The Hall–Kier alpha value is -2.41. The third-order valence-electron chi connectivity index (χ3n) is 2.70. The van der Waals surface area contributed by atoms with Gasteiger partial charge in [0.15, 0.2) is 0 Å². The normalized spacial score (nSPS) is 13.6. The minimum Gasteiger partial charge on any atom is -0.432 e. The molecule has 7 heteroatoms. The second-order valence-corrected chi connectivity index (χ2v) is 4.22. The van der Waals surface area contributed by atoms with Gasteiger partial charge in [0.05, 0.1) is 18.3 Å². The zero-order valence-corrected chi connectivity index (χ0v) is 10.7. The summed E-state index contributed by atoms with van der Waals surface area (Å²) in [5.74, 6) is -0.386. The number of benzene rings is 1. The molecule has 1 aromatic carbocycles. The number of carbonyl (C=O) groups is 1. The highest BCUT2D eigenvalue weighted by Gasteiger charge is 2.19. The van der Waals surface area contributed by atoms with Crippen LogP contribution >= 0.6 is 0 Å². The van der Waals surface area contributed by atoms with E-state index >= 15 is 0 Å². The molecule has 2 rings (SSSR count). The summed E-state index contributed by atoms with van der Waals surface area (Å²) in [5.41, 5.74) is 0.510. The average Bonchev–Trinajstić information content (AvgIpc) is 2.91. The lowest BCUT2D eigenvalue weighted by molar-refractivity contribution is 0.139. The van der Waals surface area contributed by atoms with Crippen LogP contribution in [0.5, 0.6) is 0 Å². The molecule has 0 bridgehead atoms. The topological polar surface area (TPSA) is 87.4 Å². The number of nitrogens with zero attached hydrogens (tertiary/aromatic N) is 1. The second-order valence-electron chi connectivity index (χ2n) is 4.22. The molecule has 0 aliphatic rings. The number of aromatic nitrogens is 1. The fourth-order valence-electron chi connectivity index (χ4n) is 1.65. The van der Waals surface area contributed by atoms with Crippen molar-refractivity contribution in [1.82, 2.24) is 10.3 Å². The van der Waals surface area contributed by atoms with E-state index in [2.05, 4.69) is 15.6 Å². The van der Waals surface area contributed by atoms with Gasteiger partial charge in [0, 0.05) is 0 Å². The molecular formula is C13H14FN3O3. The Morgan fingerprint density at radius 1 is 1.40 bits per heavy atom. The summed E-state index contributed by atoms with van der Waals surface area (Å²) in [4.78, 5) is 15.4. The van der Waals surface area contributed by atoms with E-state index in [0.717, 1.165) is 0 Å². The number of amides is 2. The lowest BCUT2D eigenvalue weighted by atomic mass is 10.0. The molecule has 1 aromatic heterocycles. The van der Waals surface area contributed by atoms with Gasteiger partial charge in [-0.25, -0.2) is 14.2 Å². The van der Waals surface area contributed by atoms with Crippen molar-refractivity contribution >= 4 is 12.0 Å². The smallest absolute Gasteiger partial charge is 0.323 e. The van der Waals surface area contributed by atoms with E-state index in [0.29, 0.717) is 5.56 Å². The molecule has 0 aliphatic carbocycles. The Kier molecular flexibility index (Phi) is 4.31. The van der Waals surface area contributed by atoms with Crippen molar-refractivity contribution in [3.8, 4) is 0 Å². The molecule has 0 radical (unpaired) electrons.